The molecular weight excluding hydrogens is 790 g/mol. The van der Waals surface area contributed by atoms with Gasteiger partial charge in [0.1, 0.15) is 0 Å². The molecule has 1 aliphatic heterocycles. The minimum Gasteiger partial charge on any atom is -0.776 e. The van der Waals surface area contributed by atoms with Gasteiger partial charge in [-0.2, -0.15) is 8.78 Å². The van der Waals surface area contributed by atoms with E-state index in [0.717, 1.165) is 6.08 Å². The van der Waals surface area contributed by atoms with Gasteiger partial charge in [-0.3, -0.25) is 19.2 Å². The van der Waals surface area contributed by atoms with Crippen LogP contribution in [0.25, 0.3) is 0 Å². The van der Waals surface area contributed by atoms with Crippen LogP contribution in [0.2, 0.25) is 0 Å². The van der Waals surface area contributed by atoms with Crippen LogP contribution in [0.4, 0.5) is 8.78 Å². The zero-order chi connectivity index (χ0) is 39.5. The zero-order valence-corrected chi connectivity index (χ0v) is 36.3. The molecule has 5 N–H and O–H groups in total. The van der Waals surface area contributed by atoms with E-state index in [9.17, 15) is 43.2 Å². The van der Waals surface area contributed by atoms with Crippen molar-refractivity contribution in [3.05, 3.63) is 83.4 Å². The summed E-state index contributed by atoms with van der Waals surface area (Å²) in [5.41, 5.74) is -0.0698. The second kappa shape index (κ2) is 22.9. The van der Waals surface area contributed by atoms with Crippen molar-refractivity contribution in [1.29, 1.82) is 0 Å². The molecule has 0 aromatic heterocycles. The standard InChI is InChI=1S/C34H44F2N2O13P2.2Na/c35-34(36,26-9-4-3-5-10-26)28(18-16-27-17-19-29(39)38(27)22-7-2-1-6-11-30(40)41)51-31(42)23-24-12-14-25(15-13-24)32(43)37-21-8-20-33(44,52(45,46)47)53(48,49)50;;/h3-5,9-10,12-16,18,27-28,44H,1-2,6-8,11,17,19-23H2,(H,37,43)(H,40,41)(H2,45,46,47)(H2,48,49,50);;/q;2*+1/p-2/b18-16+;;/t27-,28+;;/m0../s1. The average Bonchev–Trinajstić information content (AvgIpc) is 3.44. The fourth-order valence-corrected chi connectivity index (χ4v) is 7.80. The van der Waals surface area contributed by atoms with Crippen LogP contribution in [0.5, 0.6) is 0 Å². The van der Waals surface area contributed by atoms with Crippen LogP contribution in [-0.4, -0.2) is 79.0 Å². The molecule has 2 amide bonds. The molecule has 2 aromatic rings. The van der Waals surface area contributed by atoms with Crippen molar-refractivity contribution < 1.29 is 131 Å². The van der Waals surface area contributed by atoms with Crippen LogP contribution < -0.4 is 74.2 Å². The normalized spacial score (nSPS) is 18.2. The summed E-state index contributed by atoms with van der Waals surface area (Å²) in [5, 5.41) is 17.1. The molecule has 2 aromatic carbocycles. The third-order valence-corrected chi connectivity index (χ3v) is 12.4. The van der Waals surface area contributed by atoms with Gasteiger partial charge in [0.25, 0.3) is 5.91 Å². The summed E-state index contributed by atoms with van der Waals surface area (Å²) in [6, 6.07) is 11.6. The first-order valence-corrected chi connectivity index (χ1v) is 19.9. The van der Waals surface area contributed by atoms with Crippen LogP contribution in [0.15, 0.2) is 66.7 Å². The number of aliphatic carboxylic acids is 1. The van der Waals surface area contributed by atoms with Crippen LogP contribution in [-0.2, 0) is 40.6 Å². The monoisotopic (exact) mass is 832 g/mol. The fraction of sp³-hybridized carbons (Fsp3) is 0.471. The molecule has 0 radical (unpaired) electrons. The first-order chi connectivity index (χ1) is 24.8. The van der Waals surface area contributed by atoms with Crippen molar-refractivity contribution in [3.63, 3.8) is 0 Å². The summed E-state index contributed by atoms with van der Waals surface area (Å²) < 4.78 is 59.6. The molecule has 0 bridgehead atoms. The number of rotatable bonds is 21. The molecule has 1 saturated heterocycles. The van der Waals surface area contributed by atoms with E-state index in [2.05, 4.69) is 5.32 Å². The summed E-state index contributed by atoms with van der Waals surface area (Å²) in [7, 11) is -11.9. The minimum absolute atomic E-state index is 0. The van der Waals surface area contributed by atoms with Gasteiger partial charge in [0.2, 0.25) is 5.91 Å². The third kappa shape index (κ3) is 15.1. The number of amides is 2. The largest absolute Gasteiger partial charge is 1.00 e. The molecule has 1 fully saturated rings. The Bertz CT molecular complexity index is 1690. The summed E-state index contributed by atoms with van der Waals surface area (Å²) >= 11 is 0. The van der Waals surface area contributed by atoms with Gasteiger partial charge in [-0.15, -0.1) is 0 Å². The first kappa shape index (κ1) is 51.2. The van der Waals surface area contributed by atoms with E-state index in [1.54, 1.807) is 11.0 Å². The first-order valence-electron chi connectivity index (χ1n) is 16.8. The molecule has 55 heavy (non-hydrogen) atoms. The molecule has 0 spiro atoms. The van der Waals surface area contributed by atoms with Gasteiger partial charge < -0.3 is 53.9 Å². The van der Waals surface area contributed by atoms with Crippen molar-refractivity contribution in [1.82, 2.24) is 10.2 Å². The number of carboxylic acids is 1. The Labute approximate surface area is 361 Å². The quantitative estimate of drug-likeness (QED) is 0.0273. The van der Waals surface area contributed by atoms with Crippen LogP contribution >= 0.6 is 15.2 Å². The second-order valence-electron chi connectivity index (χ2n) is 12.6. The Balaban J connectivity index is 0.00000756. The molecule has 4 atom stereocenters. The number of nitrogens with zero attached hydrogens (tertiary/aromatic N) is 1. The van der Waals surface area contributed by atoms with E-state index in [1.165, 1.54) is 54.6 Å². The number of likely N-dealkylation sites (tertiary alicyclic amines) is 1. The number of aliphatic hydroxyl groups is 1. The number of halogens is 2. The van der Waals surface area contributed by atoms with E-state index >= 15 is 8.78 Å². The maximum Gasteiger partial charge on any atom is 1.00 e. The molecule has 1 aliphatic rings. The van der Waals surface area contributed by atoms with E-state index in [4.69, 9.17) is 19.6 Å². The van der Waals surface area contributed by atoms with Gasteiger partial charge in [0.15, 0.2) is 26.4 Å². The van der Waals surface area contributed by atoms with Crippen molar-refractivity contribution in [2.75, 3.05) is 13.1 Å². The maximum atomic E-state index is 15.8. The topological polar surface area (TPSA) is 254 Å². The van der Waals surface area contributed by atoms with Crippen molar-refractivity contribution in [2.45, 2.75) is 87.4 Å². The summed E-state index contributed by atoms with van der Waals surface area (Å²) in [6.45, 7) is -0.0123. The Morgan fingerprint density at radius 2 is 1.56 bits per heavy atom. The number of hydrogen-bond donors (Lipinski definition) is 5. The van der Waals surface area contributed by atoms with E-state index < -0.39 is 81.0 Å². The molecule has 292 valence electrons. The number of nitrogens with one attached hydrogen (secondary N) is 1. The summed E-state index contributed by atoms with van der Waals surface area (Å²) in [4.78, 5) is 91.1. The molecule has 1 heterocycles. The summed E-state index contributed by atoms with van der Waals surface area (Å²) in [5.74, 6) is -6.43. The fourth-order valence-electron chi connectivity index (χ4n) is 5.64. The molecular formula is C34H42F2N2Na2O13P2. The Kier molecular flexibility index (Phi) is 21.4. The van der Waals surface area contributed by atoms with Crippen LogP contribution in [0.3, 0.4) is 0 Å². The molecule has 0 aliphatic carbocycles. The predicted octanol–water partition coefficient (Wildman–Crippen LogP) is -3.23. The van der Waals surface area contributed by atoms with E-state index in [0.29, 0.717) is 44.2 Å². The minimum atomic E-state index is -5.95. The van der Waals surface area contributed by atoms with Crippen LogP contribution in [0.1, 0.15) is 79.3 Å². The molecule has 0 saturated carbocycles. The average molecular weight is 833 g/mol. The number of benzene rings is 2. The number of esters is 1. The molecule has 3 rings (SSSR count). The third-order valence-electron chi connectivity index (χ3n) is 8.64. The van der Waals surface area contributed by atoms with Gasteiger partial charge in [-0.25, -0.2) is 0 Å². The number of unbranched alkanes of at least 4 members (excludes halogenated alkanes) is 3. The van der Waals surface area contributed by atoms with Crippen molar-refractivity contribution >= 4 is 38.9 Å². The van der Waals surface area contributed by atoms with E-state index in [1.807, 2.05) is 0 Å². The van der Waals surface area contributed by atoms with Crippen molar-refractivity contribution in [3.8, 4) is 0 Å². The van der Waals surface area contributed by atoms with Gasteiger partial charge in [0, 0.05) is 37.1 Å². The van der Waals surface area contributed by atoms with E-state index in [-0.39, 0.29) is 90.0 Å². The van der Waals surface area contributed by atoms with Crippen LogP contribution in [0, 0.1) is 0 Å². The second-order valence-corrected chi connectivity index (χ2v) is 16.5. The number of carboxylic acid groups (broad SMARTS) is 1. The van der Waals surface area contributed by atoms with Crippen molar-refractivity contribution in [2.24, 2.45) is 0 Å². The predicted molar refractivity (Wildman–Crippen MR) is 181 cm³/mol. The van der Waals surface area contributed by atoms with Gasteiger partial charge in [-0.1, -0.05) is 61.4 Å². The Morgan fingerprint density at radius 3 is 2.15 bits per heavy atom. The van der Waals surface area contributed by atoms with Gasteiger partial charge in [-0.05, 0) is 55.9 Å². The number of ether oxygens (including phenoxy) is 1. The number of alkyl halides is 2. The molecule has 21 heteroatoms. The Hall–Kier alpha value is -1.82. The molecule has 15 nitrogen and oxygen atoms in total. The smallest absolute Gasteiger partial charge is 0.776 e. The Morgan fingerprint density at radius 1 is 0.964 bits per heavy atom. The van der Waals surface area contributed by atoms with Gasteiger partial charge >= 0.3 is 77.0 Å². The molecule has 2 unspecified atom stereocenters. The zero-order valence-electron chi connectivity index (χ0n) is 30.6. The number of carbonyl (C=O) groups excluding carboxylic acids is 3. The number of hydrogen-bond acceptors (Lipinski definition) is 10. The maximum absolute atomic E-state index is 15.8. The SMILES string of the molecule is O=C(O)CCCCCCN1C(=O)CC[C@@H]1/C=C/[C@@H](OC(=O)Cc1ccc(C(=O)NCCCC(O)(P(=O)([O-])O)P(=O)([O-])O)cc1)C(F)(F)c1ccccc1.[Na+].[Na+]. The van der Waals surface area contributed by atoms with Gasteiger partial charge in [0.05, 0.1) is 12.5 Å². The number of carbonyl (C=O) groups is 4. The summed E-state index contributed by atoms with van der Waals surface area (Å²) in [6.07, 6.45) is 1.50.